The van der Waals surface area contributed by atoms with Crippen LogP contribution in [0.4, 0.5) is 0 Å². The fourth-order valence-corrected chi connectivity index (χ4v) is 2.55. The summed E-state index contributed by atoms with van der Waals surface area (Å²) in [6, 6.07) is 0. The second-order valence-electron chi connectivity index (χ2n) is 6.73. The third-order valence-electron chi connectivity index (χ3n) is 4.59. The van der Waals surface area contributed by atoms with Crippen molar-refractivity contribution in [2.75, 3.05) is 13.2 Å². The van der Waals surface area contributed by atoms with E-state index < -0.39 is 29.2 Å². The van der Waals surface area contributed by atoms with E-state index in [-0.39, 0.29) is 19.2 Å². The highest BCUT2D eigenvalue weighted by Crippen LogP contribution is 2.31. The van der Waals surface area contributed by atoms with Crippen LogP contribution < -0.4 is 0 Å². The normalized spacial score (nSPS) is 21.5. The molecule has 132 valence electrons. The predicted molar refractivity (Wildman–Crippen MR) is 83.7 cm³/mol. The number of ether oxygens (including phenoxy) is 2. The van der Waals surface area contributed by atoms with Crippen LogP contribution in [0.1, 0.15) is 59.3 Å². The number of carbonyl (C=O) groups is 3. The van der Waals surface area contributed by atoms with E-state index in [9.17, 15) is 14.4 Å². The lowest BCUT2D eigenvalue weighted by molar-refractivity contribution is -0.160. The van der Waals surface area contributed by atoms with Crippen molar-refractivity contribution in [3.05, 3.63) is 0 Å². The summed E-state index contributed by atoms with van der Waals surface area (Å²) >= 11 is 0. The molecule has 0 aromatic carbocycles. The molecule has 2 atom stereocenters. The first-order valence-electron chi connectivity index (χ1n) is 8.36. The molecule has 6 nitrogen and oxygen atoms in total. The number of carbonyl (C=O) groups excluding carboxylic acids is 2. The second kappa shape index (κ2) is 8.89. The van der Waals surface area contributed by atoms with Gasteiger partial charge in [-0.3, -0.25) is 14.4 Å². The number of rotatable bonds is 8. The summed E-state index contributed by atoms with van der Waals surface area (Å²) in [7, 11) is 0. The Hall–Kier alpha value is -1.59. The summed E-state index contributed by atoms with van der Waals surface area (Å²) in [5, 5.41) is 9.16. The molecule has 0 saturated heterocycles. The summed E-state index contributed by atoms with van der Waals surface area (Å²) in [4.78, 5) is 35.0. The Kier molecular flexibility index (Phi) is 7.52. The number of hydrogen-bond acceptors (Lipinski definition) is 5. The van der Waals surface area contributed by atoms with E-state index in [0.717, 1.165) is 12.8 Å². The summed E-state index contributed by atoms with van der Waals surface area (Å²) in [5.74, 6) is -2.83. The van der Waals surface area contributed by atoms with Gasteiger partial charge in [-0.2, -0.15) is 0 Å². The van der Waals surface area contributed by atoms with Crippen molar-refractivity contribution in [3.8, 4) is 0 Å². The molecule has 0 spiro atoms. The Bertz CT molecular complexity index is 429. The quantitative estimate of drug-likeness (QED) is 0.544. The third-order valence-corrected chi connectivity index (χ3v) is 4.59. The molecule has 2 unspecified atom stereocenters. The van der Waals surface area contributed by atoms with Crippen LogP contribution in [0.2, 0.25) is 0 Å². The molecule has 23 heavy (non-hydrogen) atoms. The molecule has 1 aliphatic carbocycles. The van der Waals surface area contributed by atoms with Gasteiger partial charge in [0.2, 0.25) is 0 Å². The van der Waals surface area contributed by atoms with E-state index in [1.165, 1.54) is 0 Å². The Balaban J connectivity index is 2.28. The molecule has 0 bridgehead atoms. The van der Waals surface area contributed by atoms with Gasteiger partial charge in [0.15, 0.2) is 0 Å². The van der Waals surface area contributed by atoms with Crippen molar-refractivity contribution in [1.82, 2.24) is 0 Å². The van der Waals surface area contributed by atoms with Crippen LogP contribution in [0, 0.1) is 17.3 Å². The van der Waals surface area contributed by atoms with E-state index in [2.05, 4.69) is 0 Å². The van der Waals surface area contributed by atoms with Crippen molar-refractivity contribution in [2.24, 2.45) is 17.3 Å². The van der Waals surface area contributed by atoms with Crippen molar-refractivity contribution in [1.29, 1.82) is 0 Å². The Morgan fingerprint density at radius 2 is 1.61 bits per heavy atom. The van der Waals surface area contributed by atoms with Crippen LogP contribution in [-0.4, -0.2) is 36.2 Å². The summed E-state index contributed by atoms with van der Waals surface area (Å²) in [6.07, 6.45) is 3.90. The lowest BCUT2D eigenvalue weighted by Gasteiger charge is -2.26. The molecule has 0 amide bonds. The Morgan fingerprint density at radius 1 is 1.04 bits per heavy atom. The standard InChI is InChI=1S/C17H28O6/c1-4-17(2,3)16(21)23-11-7-10-22-15(20)13-9-6-5-8-12(13)14(18)19/h12-13H,4-11H2,1-3H3,(H,18,19). The van der Waals surface area contributed by atoms with Gasteiger partial charge in [0.1, 0.15) is 0 Å². The molecule has 1 N–H and O–H groups in total. The van der Waals surface area contributed by atoms with Gasteiger partial charge in [-0.25, -0.2) is 0 Å². The lowest BCUT2D eigenvalue weighted by atomic mass is 9.79. The molecule has 0 aliphatic heterocycles. The van der Waals surface area contributed by atoms with Gasteiger partial charge in [0.05, 0.1) is 30.5 Å². The molecule has 0 radical (unpaired) electrons. The highest BCUT2D eigenvalue weighted by Gasteiger charge is 2.36. The van der Waals surface area contributed by atoms with Crippen molar-refractivity contribution in [2.45, 2.75) is 59.3 Å². The molecule has 1 aliphatic rings. The highest BCUT2D eigenvalue weighted by molar-refractivity contribution is 5.81. The average molecular weight is 328 g/mol. The molecule has 0 aromatic heterocycles. The van der Waals surface area contributed by atoms with Crippen LogP contribution in [0.25, 0.3) is 0 Å². The minimum atomic E-state index is -0.928. The van der Waals surface area contributed by atoms with Crippen LogP contribution in [-0.2, 0) is 23.9 Å². The second-order valence-corrected chi connectivity index (χ2v) is 6.73. The first-order chi connectivity index (χ1) is 10.8. The predicted octanol–water partition coefficient (Wildman–Crippen LogP) is 2.79. The number of hydrogen-bond donors (Lipinski definition) is 1. The number of aliphatic carboxylic acids is 1. The van der Waals surface area contributed by atoms with Gasteiger partial charge in [-0.15, -0.1) is 0 Å². The fraction of sp³-hybridized carbons (Fsp3) is 0.824. The first-order valence-corrected chi connectivity index (χ1v) is 8.36. The van der Waals surface area contributed by atoms with Gasteiger partial charge in [-0.1, -0.05) is 19.8 Å². The maximum atomic E-state index is 12.0. The molecular formula is C17H28O6. The van der Waals surface area contributed by atoms with Gasteiger partial charge in [0.25, 0.3) is 0 Å². The summed E-state index contributed by atoms with van der Waals surface area (Å²) < 4.78 is 10.3. The van der Waals surface area contributed by atoms with Gasteiger partial charge in [-0.05, 0) is 33.1 Å². The monoisotopic (exact) mass is 328 g/mol. The highest BCUT2D eigenvalue weighted by atomic mass is 16.5. The van der Waals surface area contributed by atoms with Crippen LogP contribution >= 0.6 is 0 Å². The summed E-state index contributed by atoms with van der Waals surface area (Å²) in [5.41, 5.74) is -0.506. The zero-order valence-corrected chi connectivity index (χ0v) is 14.3. The van der Waals surface area contributed by atoms with E-state index in [0.29, 0.717) is 25.7 Å². The molecular weight excluding hydrogens is 300 g/mol. The van der Waals surface area contributed by atoms with Gasteiger partial charge < -0.3 is 14.6 Å². The average Bonchev–Trinajstić information content (AvgIpc) is 2.53. The largest absolute Gasteiger partial charge is 0.481 e. The van der Waals surface area contributed by atoms with Gasteiger partial charge in [0, 0.05) is 6.42 Å². The third kappa shape index (κ3) is 5.84. The minimum Gasteiger partial charge on any atom is -0.481 e. The van der Waals surface area contributed by atoms with Crippen LogP contribution in [0.5, 0.6) is 0 Å². The number of esters is 2. The van der Waals surface area contributed by atoms with E-state index in [1.807, 2.05) is 20.8 Å². The Morgan fingerprint density at radius 3 is 2.17 bits per heavy atom. The number of carboxylic acids is 1. The van der Waals surface area contributed by atoms with E-state index in [1.54, 1.807) is 0 Å². The molecule has 1 saturated carbocycles. The molecule has 0 aromatic rings. The van der Waals surface area contributed by atoms with Crippen LogP contribution in [0.15, 0.2) is 0 Å². The molecule has 0 heterocycles. The first kappa shape index (κ1) is 19.5. The molecule has 1 fully saturated rings. The SMILES string of the molecule is CCC(C)(C)C(=O)OCCCOC(=O)C1CCCCC1C(=O)O. The molecule has 6 heteroatoms. The van der Waals surface area contributed by atoms with Crippen molar-refractivity contribution < 1.29 is 29.0 Å². The fourth-order valence-electron chi connectivity index (χ4n) is 2.55. The van der Waals surface area contributed by atoms with E-state index in [4.69, 9.17) is 14.6 Å². The topological polar surface area (TPSA) is 89.9 Å². The van der Waals surface area contributed by atoms with Crippen LogP contribution in [0.3, 0.4) is 0 Å². The van der Waals surface area contributed by atoms with E-state index >= 15 is 0 Å². The zero-order valence-electron chi connectivity index (χ0n) is 14.3. The molecule has 1 rings (SSSR count). The zero-order chi connectivity index (χ0) is 17.5. The maximum absolute atomic E-state index is 12.0. The number of carboxylic acid groups (broad SMARTS) is 1. The van der Waals surface area contributed by atoms with Gasteiger partial charge >= 0.3 is 17.9 Å². The van der Waals surface area contributed by atoms with Crippen molar-refractivity contribution >= 4 is 17.9 Å². The van der Waals surface area contributed by atoms with Crippen molar-refractivity contribution in [3.63, 3.8) is 0 Å². The smallest absolute Gasteiger partial charge is 0.311 e. The summed E-state index contributed by atoms with van der Waals surface area (Å²) in [6.45, 7) is 5.91. The maximum Gasteiger partial charge on any atom is 0.311 e. The minimum absolute atomic E-state index is 0.140. The lowest BCUT2D eigenvalue weighted by Crippen LogP contribution is -2.34. The Labute approximate surface area is 137 Å².